The van der Waals surface area contributed by atoms with E-state index >= 15 is 0 Å². The first kappa shape index (κ1) is 12.8. The van der Waals surface area contributed by atoms with Crippen molar-refractivity contribution in [2.24, 2.45) is 0 Å². The largest absolute Gasteiger partial charge is 0.273 e. The summed E-state index contributed by atoms with van der Waals surface area (Å²) in [6.45, 7) is 2.57. The van der Waals surface area contributed by atoms with Gasteiger partial charge in [0.25, 0.3) is 0 Å². The molecule has 18 heavy (non-hydrogen) atoms. The molecule has 4 nitrogen and oxygen atoms in total. The van der Waals surface area contributed by atoms with E-state index in [1.165, 1.54) is 24.4 Å². The Balaban J connectivity index is 2.30. The van der Waals surface area contributed by atoms with E-state index in [4.69, 9.17) is 0 Å². The first-order chi connectivity index (χ1) is 8.53. The van der Waals surface area contributed by atoms with E-state index in [-0.39, 0.29) is 10.6 Å². The van der Waals surface area contributed by atoms with Crippen LogP contribution < -0.4 is 0 Å². The van der Waals surface area contributed by atoms with E-state index in [9.17, 15) is 12.8 Å². The molecule has 0 aliphatic carbocycles. The van der Waals surface area contributed by atoms with Crippen LogP contribution in [0.4, 0.5) is 4.39 Å². The maximum Gasteiger partial charge on any atom is 0.185 e. The van der Waals surface area contributed by atoms with E-state index in [1.54, 1.807) is 10.9 Å². The third-order valence-corrected chi connectivity index (χ3v) is 4.25. The molecule has 0 atom stereocenters. The van der Waals surface area contributed by atoms with Crippen molar-refractivity contribution in [3.8, 4) is 0 Å². The van der Waals surface area contributed by atoms with Gasteiger partial charge in [-0.05, 0) is 19.1 Å². The number of aromatic nitrogens is 2. The van der Waals surface area contributed by atoms with Gasteiger partial charge in [0.1, 0.15) is 10.7 Å². The lowest BCUT2D eigenvalue weighted by Gasteiger charge is -2.03. The summed E-state index contributed by atoms with van der Waals surface area (Å²) in [5, 5.41) is 3.99. The van der Waals surface area contributed by atoms with E-state index in [2.05, 4.69) is 5.10 Å². The summed E-state index contributed by atoms with van der Waals surface area (Å²) < 4.78 is 39.2. The topological polar surface area (TPSA) is 52.0 Å². The molecule has 0 bridgehead atoms. The molecule has 6 heteroatoms. The molecule has 2 aromatic rings. The van der Waals surface area contributed by atoms with Crippen LogP contribution in [0.25, 0.3) is 0 Å². The predicted octanol–water partition coefficient (Wildman–Crippen LogP) is 2.02. The van der Waals surface area contributed by atoms with Crippen LogP contribution in [0.2, 0.25) is 0 Å². The molecule has 0 aliphatic heterocycles. The maximum absolute atomic E-state index is 13.5. The standard InChI is InChI=1S/C12H13FN2O2S/c1-2-15-8-10(7-14-15)9-18(16,17)12-6-4-3-5-11(12)13/h3-8H,2,9H2,1H3. The second-order valence-corrected chi connectivity index (χ2v) is 5.85. The Morgan fingerprint density at radius 1 is 1.33 bits per heavy atom. The molecule has 0 unspecified atom stereocenters. The maximum atomic E-state index is 13.5. The average Bonchev–Trinajstić information content (AvgIpc) is 2.76. The Morgan fingerprint density at radius 2 is 2.06 bits per heavy atom. The number of sulfone groups is 1. The minimum atomic E-state index is -3.67. The molecule has 1 aromatic heterocycles. The van der Waals surface area contributed by atoms with Crippen LogP contribution in [-0.4, -0.2) is 18.2 Å². The van der Waals surface area contributed by atoms with Crippen LogP contribution in [0.1, 0.15) is 12.5 Å². The van der Waals surface area contributed by atoms with E-state index < -0.39 is 15.7 Å². The summed E-state index contributed by atoms with van der Waals surface area (Å²) in [5.74, 6) is -0.964. The second-order valence-electron chi connectivity index (χ2n) is 3.89. The van der Waals surface area contributed by atoms with E-state index in [0.29, 0.717) is 12.1 Å². The zero-order valence-electron chi connectivity index (χ0n) is 9.88. The van der Waals surface area contributed by atoms with Gasteiger partial charge in [0.05, 0.1) is 11.9 Å². The zero-order chi connectivity index (χ0) is 13.2. The fourth-order valence-electron chi connectivity index (χ4n) is 1.65. The van der Waals surface area contributed by atoms with Crippen molar-refractivity contribution in [2.75, 3.05) is 0 Å². The number of benzene rings is 1. The van der Waals surface area contributed by atoms with Crippen LogP contribution in [0.5, 0.6) is 0 Å². The van der Waals surface area contributed by atoms with Gasteiger partial charge in [-0.1, -0.05) is 12.1 Å². The van der Waals surface area contributed by atoms with Gasteiger partial charge in [-0.25, -0.2) is 12.8 Å². The van der Waals surface area contributed by atoms with Gasteiger partial charge in [0.2, 0.25) is 0 Å². The van der Waals surface area contributed by atoms with Crippen LogP contribution in [0, 0.1) is 5.82 Å². The molecule has 0 radical (unpaired) electrons. The first-order valence-corrected chi connectivity index (χ1v) is 7.17. The van der Waals surface area contributed by atoms with Crippen LogP contribution in [-0.2, 0) is 22.1 Å². The van der Waals surface area contributed by atoms with Gasteiger partial charge in [-0.3, -0.25) is 4.68 Å². The molecule has 1 heterocycles. The number of hydrogen-bond acceptors (Lipinski definition) is 3. The fourth-order valence-corrected chi connectivity index (χ4v) is 3.04. The minimum absolute atomic E-state index is 0.242. The van der Waals surface area contributed by atoms with Crippen molar-refractivity contribution < 1.29 is 12.8 Å². The molecule has 0 spiro atoms. The van der Waals surface area contributed by atoms with Crippen molar-refractivity contribution >= 4 is 9.84 Å². The summed E-state index contributed by atoms with van der Waals surface area (Å²) in [6, 6.07) is 5.38. The van der Waals surface area contributed by atoms with Gasteiger partial charge >= 0.3 is 0 Å². The molecule has 2 rings (SSSR count). The monoisotopic (exact) mass is 268 g/mol. The van der Waals surface area contributed by atoms with E-state index in [0.717, 1.165) is 6.07 Å². The number of aryl methyl sites for hydroxylation is 1. The van der Waals surface area contributed by atoms with Gasteiger partial charge in [-0.2, -0.15) is 5.10 Å². The number of rotatable bonds is 4. The third-order valence-electron chi connectivity index (χ3n) is 2.54. The highest BCUT2D eigenvalue weighted by molar-refractivity contribution is 7.90. The van der Waals surface area contributed by atoms with Gasteiger partial charge < -0.3 is 0 Å². The highest BCUT2D eigenvalue weighted by Crippen LogP contribution is 2.19. The molecule has 0 fully saturated rings. The normalized spacial score (nSPS) is 11.7. The zero-order valence-corrected chi connectivity index (χ0v) is 10.7. The molecule has 96 valence electrons. The van der Waals surface area contributed by atoms with Crippen LogP contribution in [0.3, 0.4) is 0 Å². The Labute approximate surface area is 105 Å². The van der Waals surface area contributed by atoms with Crippen molar-refractivity contribution in [1.82, 2.24) is 9.78 Å². The van der Waals surface area contributed by atoms with Crippen molar-refractivity contribution in [3.63, 3.8) is 0 Å². The van der Waals surface area contributed by atoms with E-state index in [1.807, 2.05) is 6.92 Å². The Kier molecular flexibility index (Phi) is 3.47. The van der Waals surface area contributed by atoms with Crippen LogP contribution in [0.15, 0.2) is 41.6 Å². The molecule has 0 amide bonds. The highest BCUT2D eigenvalue weighted by atomic mass is 32.2. The highest BCUT2D eigenvalue weighted by Gasteiger charge is 2.19. The quantitative estimate of drug-likeness (QED) is 0.852. The van der Waals surface area contributed by atoms with Gasteiger partial charge in [0, 0.05) is 18.3 Å². The summed E-state index contributed by atoms with van der Waals surface area (Å²) in [5.41, 5.74) is 0.556. The lowest BCUT2D eigenvalue weighted by Crippen LogP contribution is -2.06. The molecule has 0 saturated carbocycles. The molecular weight excluding hydrogens is 255 g/mol. The summed E-state index contributed by atoms with van der Waals surface area (Å²) in [6.07, 6.45) is 3.14. The Morgan fingerprint density at radius 3 is 2.67 bits per heavy atom. The summed E-state index contributed by atoms with van der Waals surface area (Å²) in [4.78, 5) is -0.269. The summed E-state index contributed by atoms with van der Waals surface area (Å²) >= 11 is 0. The minimum Gasteiger partial charge on any atom is -0.273 e. The molecular formula is C12H13FN2O2S. The van der Waals surface area contributed by atoms with Gasteiger partial charge in [0.15, 0.2) is 9.84 Å². The number of hydrogen-bond donors (Lipinski definition) is 0. The predicted molar refractivity (Wildman–Crippen MR) is 65.2 cm³/mol. The second kappa shape index (κ2) is 4.89. The van der Waals surface area contributed by atoms with Crippen molar-refractivity contribution in [1.29, 1.82) is 0 Å². The summed E-state index contributed by atoms with van der Waals surface area (Å²) in [7, 11) is -3.67. The Hall–Kier alpha value is -1.69. The van der Waals surface area contributed by atoms with Crippen LogP contribution >= 0.6 is 0 Å². The third kappa shape index (κ3) is 2.59. The van der Waals surface area contributed by atoms with Crippen molar-refractivity contribution in [2.45, 2.75) is 24.1 Å². The molecule has 0 N–H and O–H groups in total. The fraction of sp³-hybridized carbons (Fsp3) is 0.250. The molecule has 0 aliphatic rings. The SMILES string of the molecule is CCn1cc(CS(=O)(=O)c2ccccc2F)cn1. The first-order valence-electron chi connectivity index (χ1n) is 5.51. The van der Waals surface area contributed by atoms with Crippen molar-refractivity contribution in [3.05, 3.63) is 48.0 Å². The smallest absolute Gasteiger partial charge is 0.185 e. The molecule has 1 aromatic carbocycles. The number of nitrogens with zero attached hydrogens (tertiary/aromatic N) is 2. The number of halogens is 1. The van der Waals surface area contributed by atoms with Gasteiger partial charge in [-0.15, -0.1) is 0 Å². The molecule has 0 saturated heterocycles. The Bertz CT molecular complexity index is 650. The lowest BCUT2D eigenvalue weighted by molar-refractivity contribution is 0.566. The average molecular weight is 268 g/mol. The lowest BCUT2D eigenvalue weighted by atomic mass is 10.3.